The van der Waals surface area contributed by atoms with Crippen molar-refractivity contribution in [2.45, 2.75) is 39.0 Å². The molecular formula is C19H24N2O2. The molecule has 4 heteroatoms. The van der Waals surface area contributed by atoms with Gasteiger partial charge in [-0.1, -0.05) is 42.5 Å². The van der Waals surface area contributed by atoms with Gasteiger partial charge in [-0.15, -0.1) is 0 Å². The van der Waals surface area contributed by atoms with Crippen molar-refractivity contribution < 1.29 is 9.53 Å². The SMILES string of the molecule is CC(C)Oc1ccc(C(C)NC(=O)C(N)c2ccccc2)cc1. The Hall–Kier alpha value is -2.33. The van der Waals surface area contributed by atoms with E-state index in [4.69, 9.17) is 10.5 Å². The highest BCUT2D eigenvalue weighted by Crippen LogP contribution is 2.19. The van der Waals surface area contributed by atoms with Crippen molar-refractivity contribution in [1.82, 2.24) is 5.32 Å². The van der Waals surface area contributed by atoms with Crippen LogP contribution in [-0.4, -0.2) is 12.0 Å². The molecule has 0 aromatic heterocycles. The lowest BCUT2D eigenvalue weighted by Gasteiger charge is -2.18. The molecular weight excluding hydrogens is 288 g/mol. The predicted octanol–water partition coefficient (Wildman–Crippen LogP) is 3.35. The van der Waals surface area contributed by atoms with Gasteiger partial charge in [0.05, 0.1) is 12.1 Å². The van der Waals surface area contributed by atoms with Crippen molar-refractivity contribution in [2.24, 2.45) is 5.73 Å². The van der Waals surface area contributed by atoms with Crippen molar-refractivity contribution >= 4 is 5.91 Å². The maximum Gasteiger partial charge on any atom is 0.241 e. The Bertz CT molecular complexity index is 624. The van der Waals surface area contributed by atoms with E-state index in [1.165, 1.54) is 0 Å². The highest BCUT2D eigenvalue weighted by molar-refractivity contribution is 5.83. The van der Waals surface area contributed by atoms with Crippen LogP contribution in [0, 0.1) is 0 Å². The van der Waals surface area contributed by atoms with Gasteiger partial charge in [0, 0.05) is 0 Å². The van der Waals surface area contributed by atoms with E-state index in [1.807, 2.05) is 75.4 Å². The van der Waals surface area contributed by atoms with Gasteiger partial charge in [-0.3, -0.25) is 4.79 Å². The van der Waals surface area contributed by atoms with Crippen molar-refractivity contribution in [1.29, 1.82) is 0 Å². The van der Waals surface area contributed by atoms with Crippen LogP contribution in [-0.2, 0) is 4.79 Å². The number of ether oxygens (including phenoxy) is 1. The molecule has 0 aliphatic carbocycles. The van der Waals surface area contributed by atoms with Crippen LogP contribution in [0.25, 0.3) is 0 Å². The van der Waals surface area contributed by atoms with Crippen LogP contribution in [0.1, 0.15) is 44.0 Å². The molecule has 1 amide bonds. The zero-order valence-corrected chi connectivity index (χ0v) is 13.8. The van der Waals surface area contributed by atoms with E-state index in [0.717, 1.165) is 16.9 Å². The molecule has 0 aliphatic rings. The van der Waals surface area contributed by atoms with E-state index in [2.05, 4.69) is 5.32 Å². The predicted molar refractivity (Wildman–Crippen MR) is 92.1 cm³/mol. The van der Waals surface area contributed by atoms with Gasteiger partial charge >= 0.3 is 0 Å². The third-order valence-corrected chi connectivity index (χ3v) is 3.55. The van der Waals surface area contributed by atoms with Crippen molar-refractivity contribution in [2.75, 3.05) is 0 Å². The molecule has 2 atom stereocenters. The number of hydrogen-bond acceptors (Lipinski definition) is 3. The number of nitrogens with one attached hydrogen (secondary N) is 1. The van der Waals surface area contributed by atoms with Crippen molar-refractivity contribution in [3.63, 3.8) is 0 Å². The molecule has 2 unspecified atom stereocenters. The first-order valence-electron chi connectivity index (χ1n) is 7.85. The van der Waals surface area contributed by atoms with Crippen LogP contribution in [0.4, 0.5) is 0 Å². The minimum atomic E-state index is -0.665. The fourth-order valence-corrected chi connectivity index (χ4v) is 2.31. The van der Waals surface area contributed by atoms with Crippen LogP contribution < -0.4 is 15.8 Å². The molecule has 0 saturated heterocycles. The molecule has 0 spiro atoms. The molecule has 0 saturated carbocycles. The molecule has 2 rings (SSSR count). The number of hydrogen-bond donors (Lipinski definition) is 2. The summed E-state index contributed by atoms with van der Waals surface area (Å²) < 4.78 is 5.62. The normalized spacial score (nSPS) is 13.4. The summed E-state index contributed by atoms with van der Waals surface area (Å²) in [4.78, 5) is 12.3. The first-order chi connectivity index (χ1) is 11.0. The summed E-state index contributed by atoms with van der Waals surface area (Å²) in [6.45, 7) is 5.91. The molecule has 122 valence electrons. The second kappa shape index (κ2) is 7.79. The van der Waals surface area contributed by atoms with Crippen LogP contribution in [0.3, 0.4) is 0 Å². The monoisotopic (exact) mass is 312 g/mol. The molecule has 0 fully saturated rings. The second-order valence-corrected chi connectivity index (χ2v) is 5.85. The summed E-state index contributed by atoms with van der Waals surface area (Å²) in [7, 11) is 0. The van der Waals surface area contributed by atoms with E-state index in [-0.39, 0.29) is 18.1 Å². The van der Waals surface area contributed by atoms with Gasteiger partial charge in [0.15, 0.2) is 0 Å². The Labute approximate surface area is 137 Å². The summed E-state index contributed by atoms with van der Waals surface area (Å²) in [6, 6.07) is 16.3. The number of rotatable bonds is 6. The number of nitrogens with two attached hydrogens (primary N) is 1. The number of amides is 1. The Kier molecular flexibility index (Phi) is 5.77. The van der Waals surface area contributed by atoms with Gasteiger partial charge in [-0.25, -0.2) is 0 Å². The fraction of sp³-hybridized carbons (Fsp3) is 0.316. The van der Waals surface area contributed by atoms with E-state index in [9.17, 15) is 4.79 Å². The summed E-state index contributed by atoms with van der Waals surface area (Å²) >= 11 is 0. The molecule has 0 heterocycles. The summed E-state index contributed by atoms with van der Waals surface area (Å²) in [5.74, 6) is 0.634. The molecule has 0 bridgehead atoms. The molecule has 4 nitrogen and oxygen atoms in total. The lowest BCUT2D eigenvalue weighted by molar-refractivity contribution is -0.123. The number of carbonyl (C=O) groups is 1. The van der Waals surface area contributed by atoms with Crippen LogP contribution in [0.2, 0.25) is 0 Å². The van der Waals surface area contributed by atoms with Crippen molar-refractivity contribution in [3.05, 3.63) is 65.7 Å². The smallest absolute Gasteiger partial charge is 0.241 e. The maximum atomic E-state index is 12.3. The minimum Gasteiger partial charge on any atom is -0.491 e. The van der Waals surface area contributed by atoms with Gasteiger partial charge in [0.25, 0.3) is 0 Å². The van der Waals surface area contributed by atoms with E-state index in [0.29, 0.717) is 0 Å². The third kappa shape index (κ3) is 4.83. The molecule has 3 N–H and O–H groups in total. The van der Waals surface area contributed by atoms with Crippen LogP contribution >= 0.6 is 0 Å². The maximum absolute atomic E-state index is 12.3. The van der Waals surface area contributed by atoms with Gasteiger partial charge in [-0.2, -0.15) is 0 Å². The van der Waals surface area contributed by atoms with Gasteiger partial charge < -0.3 is 15.8 Å². The largest absolute Gasteiger partial charge is 0.491 e. The Balaban J connectivity index is 1.98. The first-order valence-corrected chi connectivity index (χ1v) is 7.85. The van der Waals surface area contributed by atoms with E-state index >= 15 is 0 Å². The van der Waals surface area contributed by atoms with E-state index < -0.39 is 6.04 Å². The summed E-state index contributed by atoms with van der Waals surface area (Å²) in [5, 5.41) is 2.95. The van der Waals surface area contributed by atoms with Crippen LogP contribution in [0.5, 0.6) is 5.75 Å². The highest BCUT2D eigenvalue weighted by atomic mass is 16.5. The van der Waals surface area contributed by atoms with Crippen LogP contribution in [0.15, 0.2) is 54.6 Å². The average Bonchev–Trinajstić information content (AvgIpc) is 2.55. The molecule has 23 heavy (non-hydrogen) atoms. The zero-order chi connectivity index (χ0) is 16.8. The number of benzene rings is 2. The molecule has 2 aromatic carbocycles. The second-order valence-electron chi connectivity index (χ2n) is 5.85. The topological polar surface area (TPSA) is 64.3 Å². The average molecular weight is 312 g/mol. The van der Waals surface area contributed by atoms with Gasteiger partial charge in [0.1, 0.15) is 11.8 Å². The zero-order valence-electron chi connectivity index (χ0n) is 13.8. The minimum absolute atomic E-state index is 0.120. The fourth-order valence-electron chi connectivity index (χ4n) is 2.31. The summed E-state index contributed by atoms with van der Waals surface area (Å²) in [6.07, 6.45) is 0.141. The Morgan fingerprint density at radius 2 is 1.57 bits per heavy atom. The molecule has 0 aliphatic heterocycles. The standard InChI is InChI=1S/C19H24N2O2/c1-13(2)23-17-11-9-15(10-12-17)14(3)21-19(22)18(20)16-7-5-4-6-8-16/h4-14,18H,20H2,1-3H3,(H,21,22). The van der Waals surface area contributed by atoms with E-state index in [1.54, 1.807) is 0 Å². The Morgan fingerprint density at radius 1 is 0.957 bits per heavy atom. The first kappa shape index (κ1) is 17.0. The number of carbonyl (C=O) groups excluding carboxylic acids is 1. The van der Waals surface area contributed by atoms with Gasteiger partial charge in [0.2, 0.25) is 5.91 Å². The summed E-state index contributed by atoms with van der Waals surface area (Å²) in [5.41, 5.74) is 7.82. The molecule has 0 radical (unpaired) electrons. The Morgan fingerprint density at radius 3 is 2.13 bits per heavy atom. The van der Waals surface area contributed by atoms with Gasteiger partial charge in [-0.05, 0) is 44.0 Å². The third-order valence-electron chi connectivity index (χ3n) is 3.55. The van der Waals surface area contributed by atoms with Crippen molar-refractivity contribution in [3.8, 4) is 5.75 Å². The highest BCUT2D eigenvalue weighted by Gasteiger charge is 2.18. The lowest BCUT2D eigenvalue weighted by atomic mass is 10.0. The lowest BCUT2D eigenvalue weighted by Crippen LogP contribution is -2.35. The molecule has 2 aromatic rings. The quantitative estimate of drug-likeness (QED) is 0.859.